The number of carbonyl (C=O) groups excluding carboxylic acids is 2. The van der Waals surface area contributed by atoms with Crippen molar-refractivity contribution in [1.29, 1.82) is 0 Å². The van der Waals surface area contributed by atoms with Crippen molar-refractivity contribution < 1.29 is 14.3 Å². The number of ketones is 1. The molecule has 0 atom stereocenters. The normalized spacial score (nSPS) is 9.73. The van der Waals surface area contributed by atoms with Gasteiger partial charge in [-0.3, -0.25) is 4.79 Å². The molecular weight excluding hydrogens is 192 g/mol. The molecule has 3 heteroatoms. The van der Waals surface area contributed by atoms with E-state index < -0.39 is 11.8 Å². The second-order valence-electron chi connectivity index (χ2n) is 3.21. The van der Waals surface area contributed by atoms with Crippen molar-refractivity contribution in [1.82, 2.24) is 0 Å². The second kappa shape index (κ2) is 5.29. The van der Waals surface area contributed by atoms with Gasteiger partial charge in [-0.2, -0.15) is 0 Å². The van der Waals surface area contributed by atoms with E-state index in [2.05, 4.69) is 4.74 Å². The maximum atomic E-state index is 11.3. The lowest BCUT2D eigenvalue weighted by Gasteiger charge is -2.05. The minimum Gasteiger partial charge on any atom is -0.463 e. The Hall–Kier alpha value is -1.64. The van der Waals surface area contributed by atoms with E-state index in [1.54, 1.807) is 0 Å². The Morgan fingerprint density at radius 2 is 1.80 bits per heavy atom. The summed E-state index contributed by atoms with van der Waals surface area (Å²) in [7, 11) is 1.21. The quantitative estimate of drug-likeness (QED) is 0.554. The molecule has 0 unspecified atom stereocenters. The van der Waals surface area contributed by atoms with Crippen LogP contribution < -0.4 is 0 Å². The first-order chi connectivity index (χ1) is 7.19. The van der Waals surface area contributed by atoms with E-state index in [4.69, 9.17) is 0 Å². The lowest BCUT2D eigenvalue weighted by atomic mass is 10.0. The molecular formula is C12H14O3. The molecule has 0 amide bonds. The Balaban J connectivity index is 2.80. The van der Waals surface area contributed by atoms with Crippen LogP contribution in [0.15, 0.2) is 24.3 Å². The van der Waals surface area contributed by atoms with Crippen LogP contribution in [0.5, 0.6) is 0 Å². The van der Waals surface area contributed by atoms with Gasteiger partial charge in [-0.15, -0.1) is 0 Å². The molecule has 15 heavy (non-hydrogen) atoms. The van der Waals surface area contributed by atoms with Gasteiger partial charge in [-0.05, 0) is 17.5 Å². The van der Waals surface area contributed by atoms with E-state index in [0.29, 0.717) is 0 Å². The minimum absolute atomic E-state index is 0.122. The number of carbonyl (C=O) groups is 2. The molecule has 1 rings (SSSR count). The fraction of sp³-hybridized carbons (Fsp3) is 0.333. The number of Topliss-reactive ketones (excluding diaryl/α,β-unsaturated/α-hetero) is 1. The predicted molar refractivity (Wildman–Crippen MR) is 56.5 cm³/mol. The van der Waals surface area contributed by atoms with Crippen molar-refractivity contribution in [3.8, 4) is 0 Å². The number of methoxy groups -OCH3 is 1. The Morgan fingerprint density at radius 3 is 2.33 bits per heavy atom. The average Bonchev–Trinajstić information content (AvgIpc) is 2.28. The van der Waals surface area contributed by atoms with E-state index in [1.807, 2.05) is 31.2 Å². The van der Waals surface area contributed by atoms with Gasteiger partial charge in [-0.1, -0.05) is 31.2 Å². The molecule has 0 aliphatic carbocycles. The highest BCUT2D eigenvalue weighted by Crippen LogP contribution is 2.10. The van der Waals surface area contributed by atoms with Gasteiger partial charge in [0, 0.05) is 6.42 Å². The number of hydrogen-bond acceptors (Lipinski definition) is 3. The molecule has 0 N–H and O–H groups in total. The highest BCUT2D eigenvalue weighted by molar-refractivity contribution is 6.34. The van der Waals surface area contributed by atoms with Gasteiger partial charge >= 0.3 is 5.97 Å². The van der Waals surface area contributed by atoms with Crippen molar-refractivity contribution in [2.75, 3.05) is 7.11 Å². The van der Waals surface area contributed by atoms with Crippen molar-refractivity contribution in [3.05, 3.63) is 35.4 Å². The summed E-state index contributed by atoms with van der Waals surface area (Å²) in [4.78, 5) is 22.3. The highest BCUT2D eigenvalue weighted by atomic mass is 16.5. The van der Waals surface area contributed by atoms with Crippen LogP contribution in [0.3, 0.4) is 0 Å². The molecule has 0 heterocycles. The summed E-state index contributed by atoms with van der Waals surface area (Å²) >= 11 is 0. The third-order valence-corrected chi connectivity index (χ3v) is 2.26. The monoisotopic (exact) mass is 206 g/mol. The van der Waals surface area contributed by atoms with Crippen LogP contribution >= 0.6 is 0 Å². The average molecular weight is 206 g/mol. The first-order valence-corrected chi connectivity index (χ1v) is 4.87. The minimum atomic E-state index is -0.777. The molecule has 0 fully saturated rings. The number of rotatable bonds is 4. The molecule has 80 valence electrons. The van der Waals surface area contributed by atoms with Gasteiger partial charge in [0.05, 0.1) is 7.11 Å². The van der Waals surface area contributed by atoms with Crippen molar-refractivity contribution in [2.45, 2.75) is 19.8 Å². The van der Waals surface area contributed by atoms with Crippen LogP contribution in [0.1, 0.15) is 18.1 Å². The summed E-state index contributed by atoms with van der Waals surface area (Å²) in [6.07, 6.45) is 0.974. The van der Waals surface area contributed by atoms with E-state index in [9.17, 15) is 9.59 Å². The lowest BCUT2D eigenvalue weighted by molar-refractivity contribution is -0.151. The van der Waals surface area contributed by atoms with Gasteiger partial charge in [0.2, 0.25) is 5.78 Å². The summed E-state index contributed by atoms with van der Waals surface area (Å²) in [5.74, 6) is -1.28. The SMILES string of the molecule is CCc1ccccc1CC(=O)C(=O)OC. The Bertz CT molecular complexity index is 369. The Morgan fingerprint density at radius 1 is 1.20 bits per heavy atom. The Labute approximate surface area is 89.1 Å². The standard InChI is InChI=1S/C12H14O3/c1-3-9-6-4-5-7-10(9)8-11(13)12(14)15-2/h4-7H,3,8H2,1-2H3. The van der Waals surface area contributed by atoms with Crippen LogP contribution in [0, 0.1) is 0 Å². The summed E-state index contributed by atoms with van der Waals surface area (Å²) in [6.45, 7) is 2.02. The summed E-state index contributed by atoms with van der Waals surface area (Å²) in [6, 6.07) is 7.60. The molecule has 0 aromatic heterocycles. The maximum Gasteiger partial charge on any atom is 0.374 e. The zero-order valence-corrected chi connectivity index (χ0v) is 8.95. The highest BCUT2D eigenvalue weighted by Gasteiger charge is 2.15. The number of benzene rings is 1. The number of esters is 1. The van der Waals surface area contributed by atoms with Gasteiger partial charge in [-0.25, -0.2) is 4.79 Å². The number of hydrogen-bond donors (Lipinski definition) is 0. The molecule has 3 nitrogen and oxygen atoms in total. The first kappa shape index (κ1) is 11.4. The van der Waals surface area contributed by atoms with Gasteiger partial charge in [0.25, 0.3) is 0 Å². The van der Waals surface area contributed by atoms with Crippen LogP contribution in [-0.4, -0.2) is 18.9 Å². The van der Waals surface area contributed by atoms with E-state index in [1.165, 1.54) is 7.11 Å². The Kier molecular flexibility index (Phi) is 4.03. The predicted octanol–water partition coefficient (Wildman–Crippen LogP) is 1.53. The van der Waals surface area contributed by atoms with Gasteiger partial charge < -0.3 is 4.74 Å². The summed E-state index contributed by atoms with van der Waals surface area (Å²) in [5.41, 5.74) is 1.99. The summed E-state index contributed by atoms with van der Waals surface area (Å²) in [5, 5.41) is 0. The van der Waals surface area contributed by atoms with E-state index >= 15 is 0 Å². The molecule has 0 saturated carbocycles. The van der Waals surface area contributed by atoms with E-state index in [0.717, 1.165) is 17.5 Å². The lowest BCUT2D eigenvalue weighted by Crippen LogP contribution is -2.18. The fourth-order valence-electron chi connectivity index (χ4n) is 1.43. The zero-order chi connectivity index (χ0) is 11.3. The largest absolute Gasteiger partial charge is 0.463 e. The van der Waals surface area contributed by atoms with E-state index in [-0.39, 0.29) is 6.42 Å². The molecule has 0 saturated heterocycles. The molecule has 1 aromatic rings. The number of aryl methyl sites for hydroxylation is 1. The van der Waals surface area contributed by atoms with Crippen LogP contribution in [0.2, 0.25) is 0 Å². The van der Waals surface area contributed by atoms with Crippen molar-refractivity contribution in [3.63, 3.8) is 0 Å². The van der Waals surface area contributed by atoms with Crippen LogP contribution in [-0.2, 0) is 27.2 Å². The third-order valence-electron chi connectivity index (χ3n) is 2.26. The third kappa shape index (κ3) is 2.91. The van der Waals surface area contributed by atoms with Crippen LogP contribution in [0.25, 0.3) is 0 Å². The first-order valence-electron chi connectivity index (χ1n) is 4.87. The number of ether oxygens (including phenoxy) is 1. The molecule has 0 spiro atoms. The molecule has 0 aliphatic heterocycles. The van der Waals surface area contributed by atoms with Crippen LogP contribution in [0.4, 0.5) is 0 Å². The molecule has 0 aliphatic rings. The molecule has 0 bridgehead atoms. The summed E-state index contributed by atoms with van der Waals surface area (Å²) < 4.78 is 4.37. The maximum absolute atomic E-state index is 11.3. The molecule has 1 aromatic carbocycles. The van der Waals surface area contributed by atoms with Crippen molar-refractivity contribution >= 4 is 11.8 Å². The smallest absolute Gasteiger partial charge is 0.374 e. The van der Waals surface area contributed by atoms with Gasteiger partial charge in [0.1, 0.15) is 0 Å². The van der Waals surface area contributed by atoms with Gasteiger partial charge in [0.15, 0.2) is 0 Å². The topological polar surface area (TPSA) is 43.4 Å². The zero-order valence-electron chi connectivity index (χ0n) is 8.95. The second-order valence-corrected chi connectivity index (χ2v) is 3.21. The molecule has 0 radical (unpaired) electrons. The fourth-order valence-corrected chi connectivity index (χ4v) is 1.43. The van der Waals surface area contributed by atoms with Crippen molar-refractivity contribution in [2.24, 2.45) is 0 Å².